The van der Waals surface area contributed by atoms with E-state index in [9.17, 15) is 24.3 Å². The molecule has 0 saturated carbocycles. The first-order valence-corrected chi connectivity index (χ1v) is 11.4. The maximum Gasteiger partial charge on any atom is 0.326 e. The number of carbonyl (C=O) groups excluding carboxylic acids is 3. The third-order valence-corrected chi connectivity index (χ3v) is 5.56. The molecule has 1 fully saturated rings. The number of aromatic nitrogens is 2. The molecule has 1 saturated heterocycles. The summed E-state index contributed by atoms with van der Waals surface area (Å²) in [6.45, 7) is 8.09. The first-order chi connectivity index (χ1) is 15.6. The summed E-state index contributed by atoms with van der Waals surface area (Å²) in [4.78, 5) is 57.1. The fourth-order valence-corrected chi connectivity index (χ4v) is 3.75. The molecule has 11 nitrogen and oxygen atoms in total. The lowest BCUT2D eigenvalue weighted by molar-refractivity contribution is -0.142. The van der Waals surface area contributed by atoms with Crippen LogP contribution in [0.5, 0.6) is 0 Å². The summed E-state index contributed by atoms with van der Waals surface area (Å²) >= 11 is 0. The van der Waals surface area contributed by atoms with Gasteiger partial charge < -0.3 is 31.4 Å². The van der Waals surface area contributed by atoms with Crippen molar-refractivity contribution in [2.75, 3.05) is 6.54 Å². The lowest BCUT2D eigenvalue weighted by atomic mass is 10.0. The van der Waals surface area contributed by atoms with Gasteiger partial charge in [0.25, 0.3) is 0 Å². The lowest BCUT2D eigenvalue weighted by Crippen LogP contribution is -2.58. The molecular weight excluding hydrogens is 428 g/mol. The van der Waals surface area contributed by atoms with Crippen molar-refractivity contribution in [3.63, 3.8) is 0 Å². The summed E-state index contributed by atoms with van der Waals surface area (Å²) in [6.07, 6.45) is 4.93. The fourth-order valence-electron chi connectivity index (χ4n) is 3.75. The van der Waals surface area contributed by atoms with Gasteiger partial charge in [0.05, 0.1) is 12.4 Å². The highest BCUT2D eigenvalue weighted by molar-refractivity contribution is 5.94. The highest BCUT2D eigenvalue weighted by atomic mass is 16.4. The summed E-state index contributed by atoms with van der Waals surface area (Å²) in [5.74, 6) is -2.68. The first-order valence-electron chi connectivity index (χ1n) is 11.4. The molecular formula is C22H36N6O5. The summed E-state index contributed by atoms with van der Waals surface area (Å²) in [5.41, 5.74) is 0.603. The number of carboxylic acid groups (broad SMARTS) is 1. The lowest BCUT2D eigenvalue weighted by Gasteiger charge is -2.27. The Kier molecular flexibility index (Phi) is 9.83. The SMILES string of the molecule is CC(C)CC(NC(=O)C(Cc1cnc[nH]1)NC(=O)C(NC(=O)C1CCCN1)C(C)C)C(=O)O. The molecule has 184 valence electrons. The van der Waals surface area contributed by atoms with Gasteiger partial charge in [-0.3, -0.25) is 14.4 Å². The van der Waals surface area contributed by atoms with Crippen LogP contribution in [0.1, 0.15) is 52.7 Å². The van der Waals surface area contributed by atoms with E-state index < -0.39 is 35.9 Å². The number of aliphatic carboxylic acids is 1. The predicted molar refractivity (Wildman–Crippen MR) is 121 cm³/mol. The fraction of sp³-hybridized carbons (Fsp3) is 0.682. The van der Waals surface area contributed by atoms with Crippen LogP contribution in [0.3, 0.4) is 0 Å². The zero-order valence-corrected chi connectivity index (χ0v) is 19.7. The van der Waals surface area contributed by atoms with E-state index in [4.69, 9.17) is 0 Å². The second-order valence-corrected chi connectivity index (χ2v) is 9.25. The molecule has 4 atom stereocenters. The van der Waals surface area contributed by atoms with Gasteiger partial charge in [0.15, 0.2) is 0 Å². The molecule has 0 spiro atoms. The Balaban J connectivity index is 2.14. The largest absolute Gasteiger partial charge is 0.480 e. The van der Waals surface area contributed by atoms with Gasteiger partial charge in [0.1, 0.15) is 18.1 Å². The normalized spacial score (nSPS) is 18.5. The molecule has 3 amide bonds. The number of hydrogen-bond acceptors (Lipinski definition) is 6. The third-order valence-electron chi connectivity index (χ3n) is 5.56. The number of amides is 3. The zero-order valence-electron chi connectivity index (χ0n) is 19.7. The average Bonchev–Trinajstić information content (AvgIpc) is 3.44. The molecule has 0 radical (unpaired) electrons. The van der Waals surface area contributed by atoms with Crippen molar-refractivity contribution in [3.8, 4) is 0 Å². The van der Waals surface area contributed by atoms with E-state index in [1.807, 2.05) is 13.8 Å². The van der Waals surface area contributed by atoms with Crippen LogP contribution >= 0.6 is 0 Å². The number of rotatable bonds is 12. The van der Waals surface area contributed by atoms with Crippen molar-refractivity contribution in [3.05, 3.63) is 18.2 Å². The summed E-state index contributed by atoms with van der Waals surface area (Å²) < 4.78 is 0. The Labute approximate surface area is 193 Å². The van der Waals surface area contributed by atoms with Crippen molar-refractivity contribution in [1.29, 1.82) is 0 Å². The monoisotopic (exact) mass is 464 g/mol. The van der Waals surface area contributed by atoms with Crippen LogP contribution < -0.4 is 21.3 Å². The van der Waals surface area contributed by atoms with Crippen molar-refractivity contribution in [2.24, 2.45) is 11.8 Å². The van der Waals surface area contributed by atoms with Crippen LogP contribution in [0.2, 0.25) is 0 Å². The number of imidazole rings is 1. The van der Waals surface area contributed by atoms with Gasteiger partial charge in [-0.25, -0.2) is 9.78 Å². The number of nitrogens with zero attached hydrogens (tertiary/aromatic N) is 1. The van der Waals surface area contributed by atoms with Gasteiger partial charge in [0.2, 0.25) is 17.7 Å². The van der Waals surface area contributed by atoms with Crippen LogP contribution in [0.4, 0.5) is 0 Å². The molecule has 1 aliphatic rings. The Morgan fingerprint density at radius 1 is 1.09 bits per heavy atom. The highest BCUT2D eigenvalue weighted by Gasteiger charge is 2.33. The van der Waals surface area contributed by atoms with Gasteiger partial charge in [0, 0.05) is 18.3 Å². The summed E-state index contributed by atoms with van der Waals surface area (Å²) in [5, 5.41) is 20.6. The zero-order chi connectivity index (χ0) is 24.5. The van der Waals surface area contributed by atoms with E-state index in [0.717, 1.165) is 13.0 Å². The molecule has 2 rings (SSSR count). The Morgan fingerprint density at radius 2 is 1.79 bits per heavy atom. The van der Waals surface area contributed by atoms with E-state index >= 15 is 0 Å². The van der Waals surface area contributed by atoms with E-state index in [-0.39, 0.29) is 36.6 Å². The van der Waals surface area contributed by atoms with Crippen molar-refractivity contribution in [1.82, 2.24) is 31.2 Å². The minimum atomic E-state index is -1.14. The molecule has 1 aromatic rings. The number of H-pyrrole nitrogens is 1. The van der Waals surface area contributed by atoms with Gasteiger partial charge in [-0.2, -0.15) is 0 Å². The summed E-state index contributed by atoms with van der Waals surface area (Å²) in [7, 11) is 0. The quantitative estimate of drug-likeness (QED) is 0.252. The second-order valence-electron chi connectivity index (χ2n) is 9.25. The average molecular weight is 465 g/mol. The van der Waals surface area contributed by atoms with Crippen LogP contribution in [0.15, 0.2) is 12.5 Å². The molecule has 6 N–H and O–H groups in total. The van der Waals surface area contributed by atoms with Gasteiger partial charge >= 0.3 is 5.97 Å². The van der Waals surface area contributed by atoms with Gasteiger partial charge in [-0.15, -0.1) is 0 Å². The molecule has 0 bridgehead atoms. The smallest absolute Gasteiger partial charge is 0.326 e. The number of carboxylic acids is 1. The maximum atomic E-state index is 13.1. The standard InChI is InChI=1S/C22H36N6O5/c1-12(2)8-17(22(32)33)27-20(30)16(9-14-10-23-11-25-14)26-21(31)18(13(3)4)28-19(29)15-6-5-7-24-15/h10-13,15-18,24H,5-9H2,1-4H3,(H,23,25)(H,26,31)(H,27,30)(H,28,29)(H,32,33). The molecule has 11 heteroatoms. The number of carbonyl (C=O) groups is 4. The minimum Gasteiger partial charge on any atom is -0.480 e. The van der Waals surface area contributed by atoms with Crippen LogP contribution in [-0.4, -0.2) is 69.5 Å². The van der Waals surface area contributed by atoms with E-state index in [1.54, 1.807) is 13.8 Å². The molecule has 4 unspecified atom stereocenters. The molecule has 1 aromatic heterocycles. The van der Waals surface area contributed by atoms with E-state index in [0.29, 0.717) is 12.1 Å². The van der Waals surface area contributed by atoms with Gasteiger partial charge in [-0.05, 0) is 37.6 Å². The van der Waals surface area contributed by atoms with Crippen LogP contribution in [-0.2, 0) is 25.6 Å². The predicted octanol–water partition coefficient (Wildman–Crippen LogP) is -0.0547. The second kappa shape index (κ2) is 12.3. The molecule has 0 aromatic carbocycles. The molecule has 1 aliphatic heterocycles. The van der Waals surface area contributed by atoms with Crippen molar-refractivity contribution in [2.45, 2.75) is 77.5 Å². The summed E-state index contributed by atoms with van der Waals surface area (Å²) in [6, 6.07) is -3.30. The number of nitrogens with one attached hydrogen (secondary N) is 5. The van der Waals surface area contributed by atoms with Crippen LogP contribution in [0, 0.1) is 11.8 Å². The molecule has 0 aliphatic carbocycles. The highest BCUT2D eigenvalue weighted by Crippen LogP contribution is 2.10. The third kappa shape index (κ3) is 8.16. The van der Waals surface area contributed by atoms with Crippen LogP contribution in [0.25, 0.3) is 0 Å². The topological polar surface area (TPSA) is 165 Å². The van der Waals surface area contributed by atoms with Crippen molar-refractivity contribution >= 4 is 23.7 Å². The minimum absolute atomic E-state index is 0.0526. The number of aromatic amines is 1. The van der Waals surface area contributed by atoms with Gasteiger partial charge in [-0.1, -0.05) is 27.7 Å². The van der Waals surface area contributed by atoms with E-state index in [1.165, 1.54) is 12.5 Å². The first kappa shape index (κ1) is 26.3. The Hall–Kier alpha value is -2.95. The number of hydrogen-bond donors (Lipinski definition) is 6. The molecule has 2 heterocycles. The Morgan fingerprint density at radius 3 is 2.30 bits per heavy atom. The maximum absolute atomic E-state index is 13.1. The molecule has 33 heavy (non-hydrogen) atoms. The van der Waals surface area contributed by atoms with E-state index in [2.05, 4.69) is 31.2 Å². The van der Waals surface area contributed by atoms with Crippen molar-refractivity contribution < 1.29 is 24.3 Å². The Bertz CT molecular complexity index is 804.